The molecule has 0 saturated carbocycles. The van der Waals surface area contributed by atoms with E-state index in [1.807, 2.05) is 54.6 Å². The van der Waals surface area contributed by atoms with E-state index in [1.54, 1.807) is 43.4 Å². The second-order valence-corrected chi connectivity index (χ2v) is 8.32. The van der Waals surface area contributed by atoms with E-state index in [4.69, 9.17) is 4.74 Å². The van der Waals surface area contributed by atoms with Crippen LogP contribution in [0.3, 0.4) is 0 Å². The molecule has 0 aliphatic carbocycles. The third-order valence-corrected chi connectivity index (χ3v) is 5.57. The zero-order valence-corrected chi connectivity index (χ0v) is 20.4. The Kier molecular flexibility index (Phi) is 10.0. The number of hydrogen-bond acceptors (Lipinski definition) is 6. The lowest BCUT2D eigenvalue weighted by atomic mass is 9.76. The maximum Gasteiger partial charge on any atom is 0.475 e. The highest BCUT2D eigenvalue weighted by atomic mass is 16.5. The van der Waals surface area contributed by atoms with Crippen molar-refractivity contribution in [3.8, 4) is 11.8 Å². The van der Waals surface area contributed by atoms with Crippen LogP contribution in [0.2, 0.25) is 0 Å². The van der Waals surface area contributed by atoms with Gasteiger partial charge in [0.25, 0.3) is 5.91 Å². The SMILES string of the molecule is CN(C(=O)C(C#N)=Cc1cccc(OCCC(=O)NC(Cc2ccccc2)B(O)O)c1)c1ccccc1. The van der Waals surface area contributed by atoms with E-state index in [9.17, 15) is 24.9 Å². The summed E-state index contributed by atoms with van der Waals surface area (Å²) in [6.45, 7) is 0.0549. The number of nitrogens with zero attached hydrogens (tertiary/aromatic N) is 2. The molecule has 3 N–H and O–H groups in total. The quantitative estimate of drug-likeness (QED) is 0.213. The first-order valence-electron chi connectivity index (χ1n) is 11.7. The first-order valence-corrected chi connectivity index (χ1v) is 11.7. The first-order chi connectivity index (χ1) is 17.9. The number of likely N-dealkylation sites (N-methyl/N-ethyl adjacent to an activating group) is 1. The van der Waals surface area contributed by atoms with Crippen molar-refractivity contribution in [2.45, 2.75) is 18.8 Å². The van der Waals surface area contributed by atoms with E-state index in [1.165, 1.54) is 11.0 Å². The molecule has 0 radical (unpaired) electrons. The zero-order valence-electron chi connectivity index (χ0n) is 20.4. The maximum atomic E-state index is 12.8. The van der Waals surface area contributed by atoms with Crippen LogP contribution in [0.15, 0.2) is 90.5 Å². The van der Waals surface area contributed by atoms with Gasteiger partial charge in [-0.05, 0) is 47.9 Å². The molecule has 0 aliphatic rings. The predicted molar refractivity (Wildman–Crippen MR) is 142 cm³/mol. The molecule has 0 heterocycles. The molecule has 2 amide bonds. The number of para-hydroxylation sites is 1. The molecule has 37 heavy (non-hydrogen) atoms. The Bertz CT molecular complexity index is 1260. The van der Waals surface area contributed by atoms with Crippen molar-refractivity contribution in [1.29, 1.82) is 5.26 Å². The average molecular weight is 497 g/mol. The number of benzene rings is 3. The van der Waals surface area contributed by atoms with Gasteiger partial charge in [-0.25, -0.2) is 0 Å². The van der Waals surface area contributed by atoms with Crippen molar-refractivity contribution >= 4 is 30.7 Å². The smallest absolute Gasteiger partial charge is 0.475 e. The Morgan fingerprint density at radius 3 is 2.38 bits per heavy atom. The molecule has 3 aromatic carbocycles. The first kappa shape index (κ1) is 27.2. The number of rotatable bonds is 11. The number of carbonyl (C=O) groups is 2. The standard InChI is InChI=1S/C28H28BN3O5/c1-32(24-12-6-3-7-13-24)28(34)23(20-30)17-22-11-8-14-25(18-22)37-16-15-27(33)31-26(29(35)36)19-21-9-4-2-5-10-21/h2-14,17-18,26,35-36H,15-16,19H2,1H3,(H,31,33). The molecule has 8 nitrogen and oxygen atoms in total. The minimum absolute atomic E-state index is 0.00186. The van der Waals surface area contributed by atoms with E-state index in [0.29, 0.717) is 17.0 Å². The second kappa shape index (κ2) is 13.6. The van der Waals surface area contributed by atoms with Crippen molar-refractivity contribution in [1.82, 2.24) is 5.32 Å². The van der Waals surface area contributed by atoms with E-state index in [-0.39, 0.29) is 30.9 Å². The van der Waals surface area contributed by atoms with Crippen molar-refractivity contribution in [3.63, 3.8) is 0 Å². The molecule has 188 valence electrons. The fraction of sp³-hybridized carbons (Fsp3) is 0.179. The van der Waals surface area contributed by atoms with Crippen LogP contribution in [-0.2, 0) is 16.0 Å². The third kappa shape index (κ3) is 8.35. The molecular weight excluding hydrogens is 469 g/mol. The van der Waals surface area contributed by atoms with Crippen LogP contribution in [0.25, 0.3) is 6.08 Å². The monoisotopic (exact) mass is 497 g/mol. The van der Waals surface area contributed by atoms with Gasteiger partial charge in [0.15, 0.2) is 0 Å². The highest BCUT2D eigenvalue weighted by molar-refractivity contribution is 6.43. The maximum absolute atomic E-state index is 12.8. The number of nitrogens with one attached hydrogen (secondary N) is 1. The van der Waals surface area contributed by atoms with Crippen LogP contribution in [0, 0.1) is 11.3 Å². The predicted octanol–water partition coefficient (Wildman–Crippen LogP) is 2.76. The highest BCUT2D eigenvalue weighted by Gasteiger charge is 2.25. The summed E-state index contributed by atoms with van der Waals surface area (Å²) in [6, 6.07) is 27.0. The minimum Gasteiger partial charge on any atom is -0.493 e. The summed E-state index contributed by atoms with van der Waals surface area (Å²) < 4.78 is 5.68. The highest BCUT2D eigenvalue weighted by Crippen LogP contribution is 2.19. The summed E-state index contributed by atoms with van der Waals surface area (Å²) in [4.78, 5) is 26.5. The molecule has 0 aromatic heterocycles. The second-order valence-electron chi connectivity index (χ2n) is 8.32. The van der Waals surface area contributed by atoms with Gasteiger partial charge in [-0.3, -0.25) is 9.59 Å². The third-order valence-electron chi connectivity index (χ3n) is 5.57. The van der Waals surface area contributed by atoms with Gasteiger partial charge in [-0.15, -0.1) is 0 Å². The number of anilines is 1. The Hall–Kier alpha value is -4.39. The molecule has 1 atom stereocenters. The van der Waals surface area contributed by atoms with Gasteiger partial charge in [0.05, 0.1) is 19.0 Å². The molecule has 1 unspecified atom stereocenters. The van der Waals surface area contributed by atoms with Crippen LogP contribution in [0.1, 0.15) is 17.5 Å². The summed E-state index contributed by atoms with van der Waals surface area (Å²) in [5, 5.41) is 31.5. The van der Waals surface area contributed by atoms with Gasteiger partial charge in [-0.2, -0.15) is 5.26 Å². The molecule has 0 spiro atoms. The largest absolute Gasteiger partial charge is 0.493 e. The van der Waals surface area contributed by atoms with Crippen molar-refractivity contribution < 1.29 is 24.4 Å². The van der Waals surface area contributed by atoms with Gasteiger partial charge >= 0.3 is 7.12 Å². The number of hydrogen-bond donors (Lipinski definition) is 3. The van der Waals surface area contributed by atoms with Crippen molar-refractivity contribution in [2.24, 2.45) is 0 Å². The Morgan fingerprint density at radius 1 is 1.05 bits per heavy atom. The van der Waals surface area contributed by atoms with Crippen molar-refractivity contribution in [3.05, 3.63) is 102 Å². The molecule has 3 aromatic rings. The van der Waals surface area contributed by atoms with Gasteiger partial charge in [0.2, 0.25) is 5.91 Å². The topological polar surface area (TPSA) is 123 Å². The Morgan fingerprint density at radius 2 is 1.73 bits per heavy atom. The zero-order chi connectivity index (χ0) is 26.6. The lowest BCUT2D eigenvalue weighted by Gasteiger charge is -2.18. The van der Waals surface area contributed by atoms with Crippen LogP contribution >= 0.6 is 0 Å². The number of amides is 2. The summed E-state index contributed by atoms with van der Waals surface area (Å²) in [5.41, 5.74) is 2.10. The molecule has 9 heteroatoms. The number of ether oxygens (including phenoxy) is 1. The number of nitriles is 1. The molecule has 0 bridgehead atoms. The van der Waals surface area contributed by atoms with E-state index < -0.39 is 19.0 Å². The van der Waals surface area contributed by atoms with Crippen LogP contribution < -0.4 is 15.0 Å². The summed E-state index contributed by atoms with van der Waals surface area (Å²) in [5.74, 6) is -1.20. The summed E-state index contributed by atoms with van der Waals surface area (Å²) in [6.07, 6.45) is 1.76. The van der Waals surface area contributed by atoms with E-state index in [2.05, 4.69) is 5.32 Å². The van der Waals surface area contributed by atoms with Crippen LogP contribution in [-0.4, -0.2) is 48.6 Å². The molecule has 0 aliphatic heterocycles. The van der Waals surface area contributed by atoms with Gasteiger partial charge in [0.1, 0.15) is 17.4 Å². The lowest BCUT2D eigenvalue weighted by molar-refractivity contribution is -0.122. The van der Waals surface area contributed by atoms with Crippen molar-refractivity contribution in [2.75, 3.05) is 18.6 Å². The molecular formula is C28H28BN3O5. The lowest BCUT2D eigenvalue weighted by Crippen LogP contribution is -2.48. The van der Waals surface area contributed by atoms with Crippen LogP contribution in [0.4, 0.5) is 5.69 Å². The molecule has 0 saturated heterocycles. The van der Waals surface area contributed by atoms with Gasteiger partial charge in [-0.1, -0.05) is 60.7 Å². The summed E-state index contributed by atoms with van der Waals surface area (Å²) in [7, 11) is -0.0975. The fourth-order valence-corrected chi connectivity index (χ4v) is 3.59. The fourth-order valence-electron chi connectivity index (χ4n) is 3.59. The normalized spacial score (nSPS) is 11.7. The Labute approximate surface area is 216 Å². The van der Waals surface area contributed by atoms with E-state index >= 15 is 0 Å². The number of carbonyl (C=O) groups excluding carboxylic acids is 2. The Balaban J connectivity index is 1.56. The van der Waals surface area contributed by atoms with E-state index in [0.717, 1.165) is 5.56 Å². The summed E-state index contributed by atoms with van der Waals surface area (Å²) >= 11 is 0. The molecule has 3 rings (SSSR count). The van der Waals surface area contributed by atoms with Gasteiger partial charge in [0, 0.05) is 12.7 Å². The minimum atomic E-state index is -1.70. The van der Waals surface area contributed by atoms with Gasteiger partial charge < -0.3 is 25.0 Å². The van der Waals surface area contributed by atoms with Crippen LogP contribution in [0.5, 0.6) is 5.75 Å². The molecule has 0 fully saturated rings. The average Bonchev–Trinajstić information content (AvgIpc) is 2.92.